The average molecular weight is 327 g/mol. The zero-order valence-corrected chi connectivity index (χ0v) is 13.4. The van der Waals surface area contributed by atoms with Crippen LogP contribution in [0.4, 0.5) is 16.0 Å². The summed E-state index contributed by atoms with van der Waals surface area (Å²) in [6.07, 6.45) is 3.52. The topological polar surface area (TPSA) is 74.1 Å². The highest BCUT2D eigenvalue weighted by Gasteiger charge is 2.22. The molecule has 0 aliphatic carbocycles. The van der Waals surface area contributed by atoms with E-state index in [9.17, 15) is 4.39 Å². The number of anilines is 2. The first-order chi connectivity index (χ1) is 11.7. The van der Waals surface area contributed by atoms with Crippen molar-refractivity contribution in [2.45, 2.75) is 18.9 Å². The Hall–Kier alpha value is -2.88. The van der Waals surface area contributed by atoms with E-state index in [0.29, 0.717) is 29.6 Å². The summed E-state index contributed by atoms with van der Waals surface area (Å²) in [5.41, 5.74) is 0.847. The standard InChI is InChI=1S/C17H18FN5O/c1-24-16-6-7-20-17(22-16)21-13-3-2-8-23(11-13)15-5-4-12(10-19)9-14(15)18/h4-7,9,13H,2-3,8,11H2,1H3,(H,20,21,22). The zero-order valence-electron chi connectivity index (χ0n) is 13.4. The minimum absolute atomic E-state index is 0.112. The Morgan fingerprint density at radius 3 is 3.04 bits per heavy atom. The summed E-state index contributed by atoms with van der Waals surface area (Å²) in [5.74, 6) is 0.632. The average Bonchev–Trinajstić information content (AvgIpc) is 2.62. The molecule has 0 amide bonds. The van der Waals surface area contributed by atoms with Gasteiger partial charge in [-0.25, -0.2) is 9.37 Å². The first-order valence-corrected chi connectivity index (χ1v) is 7.78. The van der Waals surface area contributed by atoms with Crippen molar-refractivity contribution in [1.82, 2.24) is 9.97 Å². The number of nitriles is 1. The normalized spacial score (nSPS) is 17.2. The van der Waals surface area contributed by atoms with Gasteiger partial charge in [-0.15, -0.1) is 0 Å². The van der Waals surface area contributed by atoms with Crippen molar-refractivity contribution in [2.75, 3.05) is 30.4 Å². The van der Waals surface area contributed by atoms with Gasteiger partial charge in [0.15, 0.2) is 0 Å². The predicted molar refractivity (Wildman–Crippen MR) is 88.6 cm³/mol. The minimum Gasteiger partial charge on any atom is -0.481 e. The smallest absolute Gasteiger partial charge is 0.226 e. The number of methoxy groups -OCH3 is 1. The van der Waals surface area contributed by atoms with Crippen LogP contribution in [0.1, 0.15) is 18.4 Å². The molecule has 3 rings (SSSR count). The van der Waals surface area contributed by atoms with Crippen LogP contribution < -0.4 is 15.0 Å². The van der Waals surface area contributed by atoms with Crippen LogP contribution >= 0.6 is 0 Å². The maximum atomic E-state index is 14.2. The molecule has 1 saturated heterocycles. The molecular weight excluding hydrogens is 309 g/mol. The van der Waals surface area contributed by atoms with Crippen molar-refractivity contribution in [3.63, 3.8) is 0 Å². The van der Waals surface area contributed by atoms with Crippen molar-refractivity contribution < 1.29 is 9.13 Å². The van der Waals surface area contributed by atoms with Crippen molar-refractivity contribution in [3.05, 3.63) is 41.8 Å². The van der Waals surface area contributed by atoms with Gasteiger partial charge in [0.25, 0.3) is 0 Å². The minimum atomic E-state index is -0.368. The van der Waals surface area contributed by atoms with E-state index in [-0.39, 0.29) is 11.9 Å². The first-order valence-electron chi connectivity index (χ1n) is 7.78. The maximum Gasteiger partial charge on any atom is 0.226 e. The summed E-state index contributed by atoms with van der Waals surface area (Å²) in [7, 11) is 1.56. The molecule has 1 aromatic heterocycles. The van der Waals surface area contributed by atoms with Gasteiger partial charge in [-0.2, -0.15) is 10.2 Å². The van der Waals surface area contributed by atoms with Crippen LogP contribution in [-0.2, 0) is 0 Å². The Labute approximate surface area is 139 Å². The van der Waals surface area contributed by atoms with Crippen LogP contribution in [0.3, 0.4) is 0 Å². The van der Waals surface area contributed by atoms with E-state index in [1.807, 2.05) is 11.0 Å². The summed E-state index contributed by atoms with van der Waals surface area (Å²) in [5, 5.41) is 12.1. The Morgan fingerprint density at radius 1 is 1.42 bits per heavy atom. The van der Waals surface area contributed by atoms with Gasteiger partial charge >= 0.3 is 0 Å². The maximum absolute atomic E-state index is 14.2. The lowest BCUT2D eigenvalue weighted by atomic mass is 10.0. The first kappa shape index (κ1) is 16.0. The molecule has 2 aromatic rings. The summed E-state index contributed by atoms with van der Waals surface area (Å²) in [6.45, 7) is 1.42. The Morgan fingerprint density at radius 2 is 2.29 bits per heavy atom. The molecule has 6 nitrogen and oxygen atoms in total. The summed E-state index contributed by atoms with van der Waals surface area (Å²) >= 11 is 0. The lowest BCUT2D eigenvalue weighted by Crippen LogP contribution is -2.42. The van der Waals surface area contributed by atoms with Gasteiger partial charge in [0.05, 0.1) is 24.4 Å². The number of hydrogen-bond acceptors (Lipinski definition) is 6. The third-order valence-electron chi connectivity index (χ3n) is 4.01. The quantitative estimate of drug-likeness (QED) is 0.930. The van der Waals surface area contributed by atoms with Crippen molar-refractivity contribution in [3.8, 4) is 11.9 Å². The Balaban J connectivity index is 1.71. The summed E-state index contributed by atoms with van der Waals surface area (Å²) in [6, 6.07) is 8.33. The zero-order chi connectivity index (χ0) is 16.9. The summed E-state index contributed by atoms with van der Waals surface area (Å²) in [4.78, 5) is 10.4. The monoisotopic (exact) mass is 327 g/mol. The van der Waals surface area contributed by atoms with Crippen molar-refractivity contribution in [1.29, 1.82) is 5.26 Å². The molecule has 0 radical (unpaired) electrons. The van der Waals surface area contributed by atoms with Gasteiger partial charge in [-0.1, -0.05) is 0 Å². The number of benzene rings is 1. The van der Waals surface area contributed by atoms with Gasteiger partial charge in [0.1, 0.15) is 5.82 Å². The van der Waals surface area contributed by atoms with Gasteiger partial charge in [0.2, 0.25) is 11.8 Å². The number of hydrogen-bond donors (Lipinski definition) is 1. The molecule has 1 atom stereocenters. The number of ether oxygens (including phenoxy) is 1. The second kappa shape index (κ2) is 7.13. The third-order valence-corrected chi connectivity index (χ3v) is 4.01. The van der Waals surface area contributed by atoms with Gasteiger partial charge in [-0.3, -0.25) is 0 Å². The molecule has 2 heterocycles. The van der Waals surface area contributed by atoms with Crippen molar-refractivity contribution >= 4 is 11.6 Å². The fourth-order valence-electron chi connectivity index (χ4n) is 2.85. The van der Waals surface area contributed by atoms with E-state index in [4.69, 9.17) is 10.00 Å². The van der Waals surface area contributed by atoms with Crippen LogP contribution in [0.15, 0.2) is 30.5 Å². The number of piperidine rings is 1. The second-order valence-electron chi connectivity index (χ2n) is 5.63. The molecule has 7 heteroatoms. The number of rotatable bonds is 4. The molecule has 1 unspecified atom stereocenters. The number of nitrogens with zero attached hydrogens (tertiary/aromatic N) is 4. The SMILES string of the molecule is COc1ccnc(NC2CCCN(c3ccc(C#N)cc3F)C2)n1. The molecule has 0 spiro atoms. The number of nitrogens with one attached hydrogen (secondary N) is 1. The molecule has 1 aromatic carbocycles. The second-order valence-corrected chi connectivity index (χ2v) is 5.63. The molecule has 0 saturated carbocycles. The fourth-order valence-corrected chi connectivity index (χ4v) is 2.85. The van der Waals surface area contributed by atoms with E-state index >= 15 is 0 Å². The molecule has 1 fully saturated rings. The van der Waals surface area contributed by atoms with Crippen LogP contribution in [0, 0.1) is 17.1 Å². The Bertz CT molecular complexity index is 761. The van der Waals surface area contributed by atoms with E-state index in [1.54, 1.807) is 31.5 Å². The number of aromatic nitrogens is 2. The van der Waals surface area contributed by atoms with Crippen LogP contribution in [0.25, 0.3) is 0 Å². The lowest BCUT2D eigenvalue weighted by molar-refractivity contribution is 0.397. The molecule has 1 aliphatic heterocycles. The van der Waals surface area contributed by atoms with Crippen LogP contribution in [-0.4, -0.2) is 36.2 Å². The lowest BCUT2D eigenvalue weighted by Gasteiger charge is -2.35. The molecule has 1 N–H and O–H groups in total. The molecule has 24 heavy (non-hydrogen) atoms. The molecular formula is C17H18FN5O. The van der Waals surface area contributed by atoms with Gasteiger partial charge < -0.3 is 15.0 Å². The molecule has 124 valence electrons. The summed E-state index contributed by atoms with van der Waals surface area (Å²) < 4.78 is 19.3. The molecule has 1 aliphatic rings. The van der Waals surface area contributed by atoms with Gasteiger partial charge in [-0.05, 0) is 31.0 Å². The highest BCUT2D eigenvalue weighted by molar-refractivity contribution is 5.52. The Kier molecular flexibility index (Phi) is 4.75. The van der Waals surface area contributed by atoms with E-state index in [1.165, 1.54) is 6.07 Å². The van der Waals surface area contributed by atoms with Crippen molar-refractivity contribution in [2.24, 2.45) is 0 Å². The third kappa shape index (κ3) is 3.54. The predicted octanol–water partition coefficient (Wildman–Crippen LogP) is 2.58. The van der Waals surface area contributed by atoms with E-state index in [2.05, 4.69) is 15.3 Å². The van der Waals surface area contributed by atoms with E-state index in [0.717, 1.165) is 19.4 Å². The largest absolute Gasteiger partial charge is 0.481 e. The van der Waals surface area contributed by atoms with Crippen LogP contribution in [0.5, 0.6) is 5.88 Å². The van der Waals surface area contributed by atoms with E-state index < -0.39 is 0 Å². The van der Waals surface area contributed by atoms with Gasteiger partial charge in [0, 0.05) is 31.4 Å². The number of halogens is 1. The molecule has 0 bridgehead atoms. The fraction of sp³-hybridized carbons (Fsp3) is 0.353. The highest BCUT2D eigenvalue weighted by atomic mass is 19.1. The van der Waals surface area contributed by atoms with Crippen LogP contribution in [0.2, 0.25) is 0 Å². The highest BCUT2D eigenvalue weighted by Crippen LogP contribution is 2.25.